The number of rotatable bonds is 2. The number of amides is 2. The summed E-state index contributed by atoms with van der Waals surface area (Å²) in [4.78, 5) is 56.0. The summed E-state index contributed by atoms with van der Waals surface area (Å²) in [6, 6.07) is 22.4. The number of nitrogens with zero attached hydrogens (tertiary/aromatic N) is 1. The first kappa shape index (κ1) is 19.8. The van der Waals surface area contributed by atoms with Gasteiger partial charge in [0.1, 0.15) is 0 Å². The molecule has 3 aromatic rings. The SMILES string of the molecule is Cc1ccccc1[C@H]1OC2(C(=O)c3ccccc3C2=O)[C@@H]2C(=O)N(c3ccccc3)C(=O)[C@@H]12. The van der Waals surface area contributed by atoms with Crippen LogP contribution in [0.5, 0.6) is 0 Å². The molecule has 2 saturated heterocycles. The van der Waals surface area contributed by atoms with Gasteiger partial charge < -0.3 is 4.74 Å². The maximum atomic E-state index is 13.8. The summed E-state index contributed by atoms with van der Waals surface area (Å²) < 4.78 is 6.31. The van der Waals surface area contributed by atoms with Gasteiger partial charge in [-0.25, -0.2) is 4.90 Å². The number of carbonyl (C=O) groups is 4. The van der Waals surface area contributed by atoms with E-state index in [2.05, 4.69) is 0 Å². The third kappa shape index (κ3) is 2.41. The Morgan fingerprint density at radius 3 is 1.94 bits per heavy atom. The van der Waals surface area contributed by atoms with Crippen molar-refractivity contribution >= 4 is 29.1 Å². The van der Waals surface area contributed by atoms with Crippen molar-refractivity contribution in [2.24, 2.45) is 11.8 Å². The maximum Gasteiger partial charge on any atom is 0.241 e. The Labute approximate surface area is 189 Å². The van der Waals surface area contributed by atoms with Crippen LogP contribution in [0.15, 0.2) is 78.9 Å². The third-order valence-corrected chi connectivity index (χ3v) is 7.03. The maximum absolute atomic E-state index is 13.8. The van der Waals surface area contributed by atoms with Crippen LogP contribution in [0.2, 0.25) is 0 Å². The van der Waals surface area contributed by atoms with E-state index in [1.807, 2.05) is 31.2 Å². The van der Waals surface area contributed by atoms with Gasteiger partial charge in [0.25, 0.3) is 0 Å². The summed E-state index contributed by atoms with van der Waals surface area (Å²) in [5.41, 5.74) is 0.368. The van der Waals surface area contributed by atoms with Crippen LogP contribution in [0.3, 0.4) is 0 Å². The highest BCUT2D eigenvalue weighted by Crippen LogP contribution is 2.58. The molecule has 6 heteroatoms. The zero-order valence-electron chi connectivity index (χ0n) is 17.7. The summed E-state index contributed by atoms with van der Waals surface area (Å²) in [6.45, 7) is 1.88. The van der Waals surface area contributed by atoms with Gasteiger partial charge in [-0.1, -0.05) is 66.7 Å². The minimum Gasteiger partial charge on any atom is -0.349 e. The van der Waals surface area contributed by atoms with Gasteiger partial charge in [-0.3, -0.25) is 19.2 Å². The summed E-state index contributed by atoms with van der Waals surface area (Å²) in [6.07, 6.45) is -0.899. The number of benzene rings is 3. The average molecular weight is 437 g/mol. The molecule has 0 unspecified atom stereocenters. The molecule has 2 fully saturated rings. The molecule has 3 atom stereocenters. The van der Waals surface area contributed by atoms with Crippen LogP contribution in [-0.2, 0) is 14.3 Å². The van der Waals surface area contributed by atoms with Crippen LogP contribution in [0.4, 0.5) is 5.69 Å². The zero-order chi connectivity index (χ0) is 22.9. The van der Waals surface area contributed by atoms with E-state index in [0.717, 1.165) is 10.5 Å². The van der Waals surface area contributed by atoms with Crippen LogP contribution in [0, 0.1) is 18.8 Å². The number of ketones is 2. The number of ether oxygens (including phenoxy) is 1. The van der Waals surface area contributed by atoms with Crippen molar-refractivity contribution in [1.82, 2.24) is 0 Å². The molecule has 0 radical (unpaired) electrons. The van der Waals surface area contributed by atoms with Crippen LogP contribution in [0.1, 0.15) is 37.9 Å². The molecule has 2 heterocycles. The highest BCUT2D eigenvalue weighted by molar-refractivity contribution is 6.37. The Morgan fingerprint density at radius 2 is 1.30 bits per heavy atom. The van der Waals surface area contributed by atoms with Gasteiger partial charge in [0, 0.05) is 11.1 Å². The molecule has 6 rings (SSSR count). The minimum absolute atomic E-state index is 0.227. The lowest BCUT2D eigenvalue weighted by Gasteiger charge is -2.27. The molecule has 6 nitrogen and oxygen atoms in total. The van der Waals surface area contributed by atoms with E-state index in [1.165, 1.54) is 0 Å². The van der Waals surface area contributed by atoms with E-state index in [1.54, 1.807) is 54.6 Å². The number of hydrogen-bond donors (Lipinski definition) is 0. The Bertz CT molecular complexity index is 1330. The second kappa shape index (κ2) is 6.80. The van der Waals surface area contributed by atoms with Gasteiger partial charge in [0.05, 0.1) is 23.6 Å². The molecule has 0 aromatic heterocycles. The average Bonchev–Trinajstić information content (AvgIpc) is 3.40. The molecule has 0 N–H and O–H groups in total. The van der Waals surface area contributed by atoms with Gasteiger partial charge in [0.15, 0.2) is 0 Å². The van der Waals surface area contributed by atoms with Gasteiger partial charge >= 0.3 is 0 Å². The summed E-state index contributed by atoms with van der Waals surface area (Å²) in [5, 5.41) is 0. The predicted molar refractivity (Wildman–Crippen MR) is 119 cm³/mol. The summed E-state index contributed by atoms with van der Waals surface area (Å²) in [7, 11) is 0. The molecule has 1 aliphatic carbocycles. The van der Waals surface area contributed by atoms with E-state index in [4.69, 9.17) is 4.74 Å². The van der Waals surface area contributed by atoms with Crippen LogP contribution in [0.25, 0.3) is 0 Å². The fourth-order valence-corrected chi connectivity index (χ4v) is 5.54. The zero-order valence-corrected chi connectivity index (χ0v) is 17.7. The lowest BCUT2D eigenvalue weighted by atomic mass is 9.77. The summed E-state index contributed by atoms with van der Waals surface area (Å²) in [5.74, 6) is -4.36. The van der Waals surface area contributed by atoms with Crippen molar-refractivity contribution in [1.29, 1.82) is 0 Å². The Hall–Kier alpha value is -3.90. The number of Topliss-reactive ketones (excluding diaryl/α,β-unsaturated/α-hetero) is 2. The van der Waals surface area contributed by atoms with Crippen molar-refractivity contribution in [3.63, 3.8) is 0 Å². The predicted octanol–water partition coefficient (Wildman–Crippen LogP) is 3.69. The number of fused-ring (bicyclic) bond motifs is 3. The first-order valence-corrected chi connectivity index (χ1v) is 10.8. The second-order valence-corrected chi connectivity index (χ2v) is 8.69. The molecule has 33 heavy (non-hydrogen) atoms. The molecule has 0 saturated carbocycles. The number of imide groups is 1. The molecular weight excluding hydrogens is 418 g/mol. The Morgan fingerprint density at radius 1 is 0.727 bits per heavy atom. The Kier molecular flexibility index (Phi) is 4.07. The number of carbonyl (C=O) groups excluding carboxylic acids is 4. The lowest BCUT2D eigenvalue weighted by molar-refractivity contribution is -0.127. The fourth-order valence-electron chi connectivity index (χ4n) is 5.54. The van der Waals surface area contributed by atoms with E-state index in [0.29, 0.717) is 11.3 Å². The van der Waals surface area contributed by atoms with Gasteiger partial charge in [-0.15, -0.1) is 0 Å². The fraction of sp³-hybridized carbons (Fsp3) is 0.185. The van der Waals surface area contributed by atoms with Gasteiger partial charge in [-0.05, 0) is 30.2 Å². The summed E-state index contributed by atoms with van der Waals surface area (Å²) >= 11 is 0. The molecule has 2 amide bonds. The van der Waals surface area contributed by atoms with Crippen molar-refractivity contribution in [3.8, 4) is 0 Å². The molecule has 3 aliphatic rings. The monoisotopic (exact) mass is 437 g/mol. The van der Waals surface area contributed by atoms with Gasteiger partial charge in [0.2, 0.25) is 29.0 Å². The molecule has 0 bridgehead atoms. The van der Waals surface area contributed by atoms with E-state index in [9.17, 15) is 19.2 Å². The van der Waals surface area contributed by atoms with Crippen molar-refractivity contribution in [3.05, 3.63) is 101 Å². The van der Waals surface area contributed by atoms with E-state index >= 15 is 0 Å². The topological polar surface area (TPSA) is 80.8 Å². The molecular formula is C27H19NO5. The molecule has 2 aliphatic heterocycles. The highest BCUT2D eigenvalue weighted by Gasteiger charge is 2.74. The number of para-hydroxylation sites is 1. The molecule has 3 aromatic carbocycles. The highest BCUT2D eigenvalue weighted by atomic mass is 16.5. The lowest BCUT2D eigenvalue weighted by Crippen LogP contribution is -2.51. The second-order valence-electron chi connectivity index (χ2n) is 8.69. The first-order valence-electron chi connectivity index (χ1n) is 10.8. The minimum atomic E-state index is -2.04. The largest absolute Gasteiger partial charge is 0.349 e. The van der Waals surface area contributed by atoms with Crippen LogP contribution < -0.4 is 4.90 Å². The van der Waals surface area contributed by atoms with Crippen molar-refractivity contribution < 1.29 is 23.9 Å². The molecule has 1 spiro atoms. The quantitative estimate of drug-likeness (QED) is 0.451. The van der Waals surface area contributed by atoms with Crippen molar-refractivity contribution in [2.75, 3.05) is 4.90 Å². The number of anilines is 1. The third-order valence-electron chi connectivity index (χ3n) is 7.03. The van der Waals surface area contributed by atoms with E-state index in [-0.39, 0.29) is 11.1 Å². The smallest absolute Gasteiger partial charge is 0.241 e. The van der Waals surface area contributed by atoms with E-state index < -0.39 is 46.9 Å². The standard InChI is InChI=1S/C27H19NO5/c1-15-9-5-6-12-17(15)22-20-21(26(32)28(25(20)31)16-10-3-2-4-11-16)27(33-22)23(29)18-13-7-8-14-19(18)24(27)30/h2-14,20-22H,1H3/t20-,21+,22-/m1/s1. The number of aryl methyl sites for hydroxylation is 1. The molecule has 162 valence electrons. The van der Waals surface area contributed by atoms with Crippen molar-refractivity contribution in [2.45, 2.75) is 18.6 Å². The first-order chi connectivity index (χ1) is 16.0. The number of hydrogen-bond acceptors (Lipinski definition) is 5. The van der Waals surface area contributed by atoms with Crippen LogP contribution >= 0.6 is 0 Å². The normalized spacial score (nSPS) is 25.1. The Balaban J connectivity index is 1.57. The van der Waals surface area contributed by atoms with Gasteiger partial charge in [-0.2, -0.15) is 0 Å². The van der Waals surface area contributed by atoms with Crippen LogP contribution in [-0.4, -0.2) is 29.0 Å².